The lowest BCUT2D eigenvalue weighted by Crippen LogP contribution is -2.08. The van der Waals surface area contributed by atoms with Crippen molar-refractivity contribution in [1.82, 2.24) is 15.0 Å². The Morgan fingerprint density at radius 3 is 1.87 bits per heavy atom. The zero-order chi connectivity index (χ0) is 22.0. The van der Waals surface area contributed by atoms with E-state index in [1.807, 2.05) is 24.3 Å². The van der Waals surface area contributed by atoms with Crippen LogP contribution in [0.2, 0.25) is 15.9 Å². The molecule has 2 aromatic carbocycles. The summed E-state index contributed by atoms with van der Waals surface area (Å²) in [5.74, 6) is 0.787. The van der Waals surface area contributed by atoms with Crippen molar-refractivity contribution in [1.29, 1.82) is 0 Å². The van der Waals surface area contributed by atoms with Crippen molar-refractivity contribution in [2.24, 2.45) is 0 Å². The van der Waals surface area contributed by atoms with Crippen LogP contribution in [-0.4, -0.2) is 15.0 Å². The van der Waals surface area contributed by atoms with Gasteiger partial charge in [-0.1, -0.05) is 45.9 Å². The summed E-state index contributed by atoms with van der Waals surface area (Å²) in [5.41, 5.74) is 2.72. The van der Waals surface area contributed by atoms with Gasteiger partial charge in [-0.25, -0.2) is 0 Å². The number of hydrogen-bond acceptors (Lipinski definition) is 5. The fourth-order valence-corrected chi connectivity index (χ4v) is 5.07. The van der Waals surface area contributed by atoms with Crippen LogP contribution in [0.4, 0.5) is 0 Å². The summed E-state index contributed by atoms with van der Waals surface area (Å²) in [6.07, 6.45) is 0. The van der Waals surface area contributed by atoms with Crippen LogP contribution in [0.5, 0.6) is 0 Å². The molecule has 0 unspecified atom stereocenters. The van der Waals surface area contributed by atoms with Gasteiger partial charge in [0.05, 0.1) is 0 Å². The average Bonchev–Trinajstić information content (AvgIpc) is 2.66. The van der Waals surface area contributed by atoms with Crippen molar-refractivity contribution >= 4 is 66.3 Å². The van der Waals surface area contributed by atoms with Gasteiger partial charge in [-0.15, -0.1) is 11.3 Å². The summed E-state index contributed by atoms with van der Waals surface area (Å²) in [4.78, 5) is 23.4. The van der Waals surface area contributed by atoms with E-state index in [-0.39, 0.29) is 21.3 Å². The highest BCUT2D eigenvalue weighted by atomic mass is 35.5. The molecule has 0 radical (unpaired) electrons. The molecule has 0 atom stereocenters. The molecule has 2 aromatic heterocycles. The van der Waals surface area contributed by atoms with Gasteiger partial charge in [-0.2, -0.15) is 15.0 Å². The third kappa shape index (κ3) is 4.92. The number of fused-ring (bicyclic) bond motifs is 2. The molecule has 0 aliphatic carbocycles. The van der Waals surface area contributed by atoms with E-state index in [9.17, 15) is 4.79 Å². The Hall–Kier alpha value is -1.79. The molecule has 156 valence electrons. The van der Waals surface area contributed by atoms with Crippen LogP contribution in [0.15, 0.2) is 41.2 Å². The van der Waals surface area contributed by atoms with E-state index in [4.69, 9.17) is 34.8 Å². The van der Waals surface area contributed by atoms with Crippen molar-refractivity contribution in [3.8, 4) is 0 Å². The first-order valence-electron chi connectivity index (χ1n) is 9.40. The van der Waals surface area contributed by atoms with Crippen molar-refractivity contribution in [3.05, 3.63) is 73.6 Å². The molecule has 4 rings (SSSR count). The fraction of sp³-hybridized carbons (Fsp3) is 0.273. The Morgan fingerprint density at radius 2 is 1.33 bits per heavy atom. The van der Waals surface area contributed by atoms with Gasteiger partial charge in [0.25, 0.3) is 0 Å². The third-order valence-electron chi connectivity index (χ3n) is 4.57. The maximum Gasteiger partial charge on any atom is 0.227 e. The third-order valence-corrected chi connectivity index (χ3v) is 6.22. The summed E-state index contributed by atoms with van der Waals surface area (Å²) >= 11 is 17.7. The van der Waals surface area contributed by atoms with Crippen LogP contribution in [0.25, 0.3) is 20.2 Å². The summed E-state index contributed by atoms with van der Waals surface area (Å²) in [5, 5.41) is 1.78. The normalized spacial score (nSPS) is 11.2. The van der Waals surface area contributed by atoms with Gasteiger partial charge in [0.2, 0.25) is 15.9 Å². The highest BCUT2D eigenvalue weighted by Gasteiger charge is 2.17. The largest absolute Gasteiger partial charge is 0.288 e. The lowest BCUT2D eigenvalue weighted by Gasteiger charge is -2.18. The van der Waals surface area contributed by atoms with Gasteiger partial charge < -0.3 is 0 Å². The molecule has 4 aromatic rings. The Labute approximate surface area is 193 Å². The van der Waals surface area contributed by atoms with Crippen LogP contribution >= 0.6 is 46.1 Å². The highest BCUT2D eigenvalue weighted by molar-refractivity contribution is 7.24. The Morgan fingerprint density at radius 1 is 0.767 bits per heavy atom. The molecule has 0 spiro atoms. The van der Waals surface area contributed by atoms with Gasteiger partial charge >= 0.3 is 0 Å². The maximum atomic E-state index is 13.0. The van der Waals surface area contributed by atoms with E-state index < -0.39 is 0 Å². The SMILES string of the molecule is CC(C)c1ccc2sc3ccccc3c(=O)c2c1C(C)C.Clc1nc(Cl)nc(Cl)n1. The van der Waals surface area contributed by atoms with Crippen LogP contribution in [0.3, 0.4) is 0 Å². The molecule has 0 saturated carbocycles. The van der Waals surface area contributed by atoms with Crippen LogP contribution in [-0.2, 0) is 0 Å². The van der Waals surface area contributed by atoms with E-state index in [0.29, 0.717) is 11.8 Å². The predicted molar refractivity (Wildman–Crippen MR) is 129 cm³/mol. The van der Waals surface area contributed by atoms with Crippen molar-refractivity contribution < 1.29 is 0 Å². The highest BCUT2D eigenvalue weighted by Crippen LogP contribution is 2.35. The Bertz CT molecular complexity index is 1220. The van der Waals surface area contributed by atoms with E-state index in [1.165, 1.54) is 11.1 Å². The van der Waals surface area contributed by atoms with E-state index in [0.717, 1.165) is 20.2 Å². The molecule has 0 fully saturated rings. The van der Waals surface area contributed by atoms with E-state index in [2.05, 4.69) is 54.8 Å². The smallest absolute Gasteiger partial charge is 0.227 e. The van der Waals surface area contributed by atoms with Crippen molar-refractivity contribution in [3.63, 3.8) is 0 Å². The van der Waals surface area contributed by atoms with Crippen LogP contribution < -0.4 is 5.43 Å². The summed E-state index contributed by atoms with van der Waals surface area (Å²) in [6, 6.07) is 12.2. The number of hydrogen-bond donors (Lipinski definition) is 0. The quantitative estimate of drug-likeness (QED) is 0.279. The lowest BCUT2D eigenvalue weighted by atomic mass is 9.88. The first-order valence-corrected chi connectivity index (χ1v) is 11.3. The molecular weight excluding hydrogens is 461 g/mol. The summed E-state index contributed by atoms with van der Waals surface area (Å²) in [6.45, 7) is 8.75. The van der Waals surface area contributed by atoms with Gasteiger partial charge in [0.1, 0.15) is 0 Å². The van der Waals surface area contributed by atoms with E-state index >= 15 is 0 Å². The second-order valence-corrected chi connectivity index (χ2v) is 9.42. The molecule has 0 amide bonds. The maximum absolute atomic E-state index is 13.0. The number of benzene rings is 2. The minimum Gasteiger partial charge on any atom is -0.288 e. The molecule has 0 aliphatic heterocycles. The molecule has 8 heteroatoms. The molecule has 30 heavy (non-hydrogen) atoms. The minimum atomic E-state index is 0.000000000000000444. The molecule has 0 saturated heterocycles. The summed E-state index contributed by atoms with van der Waals surface area (Å²) < 4.78 is 2.17. The van der Waals surface area contributed by atoms with Crippen LogP contribution in [0, 0.1) is 0 Å². The minimum absolute atomic E-state index is 0.000000000000000444. The molecule has 0 bridgehead atoms. The predicted octanol–water partition coefficient (Wildman–Crippen LogP) is 7.49. The number of nitrogens with zero attached hydrogens (tertiary/aromatic N) is 3. The number of rotatable bonds is 2. The Balaban J connectivity index is 0.000000239. The van der Waals surface area contributed by atoms with Gasteiger partial charge in [0, 0.05) is 20.2 Å². The summed E-state index contributed by atoms with van der Waals surface area (Å²) in [7, 11) is 0. The van der Waals surface area contributed by atoms with Crippen molar-refractivity contribution in [2.75, 3.05) is 0 Å². The first kappa shape index (κ1) is 22.9. The first-order chi connectivity index (χ1) is 14.2. The molecule has 0 aliphatic rings. The van der Waals surface area contributed by atoms with Gasteiger partial charge in [0.15, 0.2) is 5.43 Å². The zero-order valence-electron chi connectivity index (χ0n) is 16.9. The molecule has 0 N–H and O–H groups in total. The Kier molecular flexibility index (Phi) is 7.30. The second-order valence-electron chi connectivity index (χ2n) is 7.32. The van der Waals surface area contributed by atoms with Gasteiger partial charge in [-0.05, 0) is 76.0 Å². The van der Waals surface area contributed by atoms with Crippen LogP contribution in [0.1, 0.15) is 50.7 Å². The van der Waals surface area contributed by atoms with Crippen molar-refractivity contribution in [2.45, 2.75) is 39.5 Å². The number of aromatic nitrogens is 3. The standard InChI is InChI=1S/C19H20OS.C3Cl3N3/c1-11(2)13-9-10-16-18(17(13)12(3)4)19(20)14-7-5-6-8-15(14)21-16;4-1-7-2(5)9-3(6)8-1/h5-12H,1-4H3;. The topological polar surface area (TPSA) is 55.7 Å². The van der Waals surface area contributed by atoms with Gasteiger partial charge in [-0.3, -0.25) is 4.79 Å². The average molecular weight is 481 g/mol. The second kappa shape index (κ2) is 9.56. The molecular formula is C22H20Cl3N3OS. The molecule has 2 heterocycles. The zero-order valence-corrected chi connectivity index (χ0v) is 20.0. The number of halogens is 3. The fourth-order valence-electron chi connectivity index (χ4n) is 3.36. The molecule has 4 nitrogen and oxygen atoms in total. The monoisotopic (exact) mass is 479 g/mol. The lowest BCUT2D eigenvalue weighted by molar-refractivity contribution is 0.798. The van der Waals surface area contributed by atoms with E-state index in [1.54, 1.807) is 11.3 Å².